The van der Waals surface area contributed by atoms with Crippen LogP contribution in [0.2, 0.25) is 0 Å². The maximum atomic E-state index is 12.7. The molecule has 1 fully saturated rings. The number of nitrogens with zero attached hydrogens (tertiary/aromatic N) is 5. The summed E-state index contributed by atoms with van der Waals surface area (Å²) in [6.45, 7) is 4.33. The zero-order valence-corrected chi connectivity index (χ0v) is 16.6. The van der Waals surface area contributed by atoms with Crippen molar-refractivity contribution in [2.75, 3.05) is 31.1 Å². The highest BCUT2D eigenvalue weighted by Crippen LogP contribution is 2.21. The van der Waals surface area contributed by atoms with Crippen LogP contribution < -0.4 is 4.90 Å². The molecule has 3 aromatic rings. The lowest BCUT2D eigenvalue weighted by Gasteiger charge is -2.35. The summed E-state index contributed by atoms with van der Waals surface area (Å²) in [4.78, 5) is 26.9. The fourth-order valence-corrected chi connectivity index (χ4v) is 3.45. The van der Waals surface area contributed by atoms with Gasteiger partial charge >= 0.3 is 0 Å². The Morgan fingerprint density at radius 2 is 1.70 bits per heavy atom. The highest BCUT2D eigenvalue weighted by Gasteiger charge is 2.24. The minimum atomic E-state index is -0.492. The first-order chi connectivity index (χ1) is 14.5. The number of rotatable bonds is 4. The van der Waals surface area contributed by atoms with Crippen molar-refractivity contribution in [3.63, 3.8) is 0 Å². The van der Waals surface area contributed by atoms with Gasteiger partial charge in [0.05, 0.1) is 10.6 Å². The van der Waals surface area contributed by atoms with Gasteiger partial charge in [0.1, 0.15) is 0 Å². The molecule has 30 heavy (non-hydrogen) atoms. The van der Waals surface area contributed by atoms with Gasteiger partial charge in [-0.25, -0.2) is 0 Å². The predicted octanol–water partition coefficient (Wildman–Crippen LogP) is 3.32. The van der Waals surface area contributed by atoms with Gasteiger partial charge in [-0.3, -0.25) is 14.9 Å². The maximum absolute atomic E-state index is 12.7. The van der Waals surface area contributed by atoms with E-state index in [4.69, 9.17) is 0 Å². The summed E-state index contributed by atoms with van der Waals surface area (Å²) in [5.41, 5.74) is 3.29. The molecule has 0 spiro atoms. The Balaban J connectivity index is 1.39. The van der Waals surface area contributed by atoms with E-state index in [0.29, 0.717) is 31.7 Å². The lowest BCUT2D eigenvalue weighted by molar-refractivity contribution is -0.384. The highest BCUT2D eigenvalue weighted by atomic mass is 16.6. The molecule has 0 radical (unpaired) electrons. The van der Waals surface area contributed by atoms with Crippen LogP contribution in [0.3, 0.4) is 0 Å². The SMILES string of the molecule is Cc1ccc(-c2ccc(N3CCN(C(=O)c4cccc([N+](=O)[O-])c4)CC3)nn2)cc1. The molecule has 0 saturated carbocycles. The van der Waals surface area contributed by atoms with Gasteiger partial charge in [-0.2, -0.15) is 0 Å². The number of hydrogen-bond donors (Lipinski definition) is 0. The van der Waals surface area contributed by atoms with E-state index in [1.54, 1.807) is 11.0 Å². The van der Waals surface area contributed by atoms with Crippen molar-refractivity contribution in [3.05, 3.63) is 81.9 Å². The molecule has 0 atom stereocenters. The minimum Gasteiger partial charge on any atom is -0.352 e. The lowest BCUT2D eigenvalue weighted by atomic mass is 10.1. The first-order valence-electron chi connectivity index (χ1n) is 9.71. The average Bonchev–Trinajstić information content (AvgIpc) is 2.79. The van der Waals surface area contributed by atoms with Crippen LogP contribution in [0.5, 0.6) is 0 Å². The van der Waals surface area contributed by atoms with Gasteiger partial charge in [-0.15, -0.1) is 10.2 Å². The number of anilines is 1. The summed E-state index contributed by atoms with van der Waals surface area (Å²) in [6.07, 6.45) is 0. The average molecular weight is 403 g/mol. The number of benzene rings is 2. The van der Waals surface area contributed by atoms with Crippen molar-refractivity contribution in [3.8, 4) is 11.3 Å². The first kappa shape index (κ1) is 19.5. The van der Waals surface area contributed by atoms with E-state index in [9.17, 15) is 14.9 Å². The summed E-state index contributed by atoms with van der Waals surface area (Å²) < 4.78 is 0. The Morgan fingerprint density at radius 3 is 2.33 bits per heavy atom. The van der Waals surface area contributed by atoms with Crippen LogP contribution in [0.1, 0.15) is 15.9 Å². The van der Waals surface area contributed by atoms with Crippen LogP contribution in [0.4, 0.5) is 11.5 Å². The Hall–Kier alpha value is -3.81. The van der Waals surface area contributed by atoms with E-state index in [0.717, 1.165) is 17.1 Å². The van der Waals surface area contributed by atoms with E-state index >= 15 is 0 Å². The smallest absolute Gasteiger partial charge is 0.270 e. The molecule has 152 valence electrons. The van der Waals surface area contributed by atoms with Gasteiger partial charge in [-0.1, -0.05) is 35.9 Å². The van der Waals surface area contributed by atoms with Gasteiger partial charge in [-0.05, 0) is 25.1 Å². The number of non-ortho nitro benzene ring substituents is 1. The van der Waals surface area contributed by atoms with Crippen molar-refractivity contribution in [1.29, 1.82) is 0 Å². The van der Waals surface area contributed by atoms with Crippen LogP contribution >= 0.6 is 0 Å². The lowest BCUT2D eigenvalue weighted by Crippen LogP contribution is -2.49. The molecule has 1 aliphatic rings. The molecule has 1 saturated heterocycles. The van der Waals surface area contributed by atoms with E-state index in [-0.39, 0.29) is 11.6 Å². The van der Waals surface area contributed by atoms with Gasteiger partial charge < -0.3 is 9.80 Å². The van der Waals surface area contributed by atoms with E-state index in [1.165, 1.54) is 23.8 Å². The van der Waals surface area contributed by atoms with E-state index in [2.05, 4.69) is 15.1 Å². The molecule has 4 rings (SSSR count). The highest BCUT2D eigenvalue weighted by molar-refractivity contribution is 5.95. The predicted molar refractivity (Wildman–Crippen MR) is 113 cm³/mol. The Kier molecular flexibility index (Phi) is 5.38. The van der Waals surface area contributed by atoms with E-state index < -0.39 is 4.92 Å². The third-order valence-electron chi connectivity index (χ3n) is 5.19. The number of amides is 1. The van der Waals surface area contributed by atoms with Gasteiger partial charge in [0.2, 0.25) is 0 Å². The minimum absolute atomic E-state index is 0.0802. The number of carbonyl (C=O) groups is 1. The number of nitro benzene ring substituents is 1. The fourth-order valence-electron chi connectivity index (χ4n) is 3.45. The van der Waals surface area contributed by atoms with E-state index in [1.807, 2.05) is 43.3 Å². The zero-order valence-electron chi connectivity index (χ0n) is 16.6. The summed E-state index contributed by atoms with van der Waals surface area (Å²) in [7, 11) is 0. The Labute approximate surface area is 173 Å². The van der Waals surface area contributed by atoms with Gasteiger partial charge in [0, 0.05) is 49.4 Å². The van der Waals surface area contributed by atoms with Crippen LogP contribution in [-0.4, -0.2) is 52.1 Å². The molecule has 1 amide bonds. The van der Waals surface area contributed by atoms with Crippen molar-refractivity contribution in [1.82, 2.24) is 15.1 Å². The number of carbonyl (C=O) groups excluding carboxylic acids is 1. The number of hydrogen-bond acceptors (Lipinski definition) is 6. The molecule has 0 bridgehead atoms. The zero-order chi connectivity index (χ0) is 21.1. The molecule has 0 N–H and O–H groups in total. The monoisotopic (exact) mass is 403 g/mol. The normalized spacial score (nSPS) is 13.9. The molecule has 8 heteroatoms. The molecular formula is C22H21N5O3. The van der Waals surface area contributed by atoms with Gasteiger partial charge in [0.25, 0.3) is 11.6 Å². The molecule has 0 aliphatic carbocycles. The number of aromatic nitrogens is 2. The van der Waals surface area contributed by atoms with Gasteiger partial charge in [0.15, 0.2) is 5.82 Å². The third-order valence-corrected chi connectivity index (χ3v) is 5.19. The summed E-state index contributed by atoms with van der Waals surface area (Å²) in [5.74, 6) is 0.576. The summed E-state index contributed by atoms with van der Waals surface area (Å²) in [5, 5.41) is 19.6. The second-order valence-electron chi connectivity index (χ2n) is 7.23. The molecule has 2 heterocycles. The third kappa shape index (κ3) is 4.12. The fraction of sp³-hybridized carbons (Fsp3) is 0.227. The quantitative estimate of drug-likeness (QED) is 0.490. The Morgan fingerprint density at radius 1 is 0.967 bits per heavy atom. The van der Waals surface area contributed by atoms with Crippen LogP contribution in [0.25, 0.3) is 11.3 Å². The first-order valence-corrected chi connectivity index (χ1v) is 9.71. The van der Waals surface area contributed by atoms with Crippen LogP contribution in [0, 0.1) is 17.0 Å². The second kappa shape index (κ2) is 8.28. The molecule has 0 unspecified atom stereocenters. The number of aryl methyl sites for hydroxylation is 1. The standard InChI is InChI=1S/C22H21N5O3/c1-16-5-7-17(8-6-16)20-9-10-21(24-23-20)25-11-13-26(14-12-25)22(28)18-3-2-4-19(15-18)27(29)30/h2-10,15H,11-14H2,1H3. The van der Waals surface area contributed by atoms with Crippen LogP contribution in [0.15, 0.2) is 60.7 Å². The van der Waals surface area contributed by atoms with Crippen molar-refractivity contribution >= 4 is 17.4 Å². The molecular weight excluding hydrogens is 382 g/mol. The molecule has 1 aliphatic heterocycles. The van der Waals surface area contributed by atoms with Crippen LogP contribution in [-0.2, 0) is 0 Å². The number of nitro groups is 1. The largest absolute Gasteiger partial charge is 0.352 e. The molecule has 8 nitrogen and oxygen atoms in total. The number of piperazine rings is 1. The van der Waals surface area contributed by atoms with Crippen molar-refractivity contribution in [2.24, 2.45) is 0 Å². The topological polar surface area (TPSA) is 92.5 Å². The van der Waals surface area contributed by atoms with Crippen molar-refractivity contribution < 1.29 is 9.72 Å². The summed E-state index contributed by atoms with van der Waals surface area (Å²) in [6, 6.07) is 17.9. The van der Waals surface area contributed by atoms with Crippen molar-refractivity contribution in [2.45, 2.75) is 6.92 Å². The Bertz CT molecular complexity index is 1060. The molecule has 1 aromatic heterocycles. The maximum Gasteiger partial charge on any atom is 0.270 e. The second-order valence-corrected chi connectivity index (χ2v) is 7.23. The molecule has 2 aromatic carbocycles. The summed E-state index contributed by atoms with van der Waals surface area (Å²) >= 11 is 0.